The van der Waals surface area contributed by atoms with Crippen molar-refractivity contribution in [2.45, 2.75) is 19.8 Å². The molecule has 0 radical (unpaired) electrons. The van der Waals surface area contributed by atoms with Gasteiger partial charge in [0.2, 0.25) is 0 Å². The molecule has 0 bridgehead atoms. The first-order valence-corrected chi connectivity index (χ1v) is 10.3. The average molecular weight is 483 g/mol. The van der Waals surface area contributed by atoms with Crippen molar-refractivity contribution < 1.29 is 13.2 Å². The molecule has 0 spiro atoms. The molecule has 8 heteroatoms. The third kappa shape index (κ3) is 12.2. The summed E-state index contributed by atoms with van der Waals surface area (Å²) in [6.07, 6.45) is 1.21. The predicted molar refractivity (Wildman–Crippen MR) is 115 cm³/mol. The maximum atomic E-state index is 11.0. The Morgan fingerprint density at radius 2 is 1.88 bits per heavy atom. The molecule has 0 amide bonds. The van der Waals surface area contributed by atoms with Crippen LogP contribution in [0.4, 0.5) is 0 Å². The molecular formula is C17H30IN3O3S. The van der Waals surface area contributed by atoms with Crippen LogP contribution in [0.25, 0.3) is 0 Å². The van der Waals surface area contributed by atoms with Gasteiger partial charge < -0.3 is 15.4 Å². The molecule has 0 aromatic heterocycles. The lowest BCUT2D eigenvalue weighted by atomic mass is 10.0. The molecule has 2 N–H and O–H groups in total. The maximum Gasteiger partial charge on any atom is 0.191 e. The number of hydrogen-bond acceptors (Lipinski definition) is 4. The number of aliphatic imine (C=N–C) groups is 1. The second kappa shape index (κ2) is 13.3. The molecule has 1 aromatic carbocycles. The van der Waals surface area contributed by atoms with E-state index in [-0.39, 0.29) is 36.3 Å². The molecule has 25 heavy (non-hydrogen) atoms. The van der Waals surface area contributed by atoms with Crippen LogP contribution < -0.4 is 10.6 Å². The molecule has 0 aliphatic heterocycles. The fourth-order valence-electron chi connectivity index (χ4n) is 2.01. The maximum absolute atomic E-state index is 11.0. The number of nitrogens with zero attached hydrogens (tertiary/aromatic N) is 1. The number of halogens is 1. The Labute approximate surface area is 168 Å². The minimum absolute atomic E-state index is 0. The number of nitrogens with one attached hydrogen (secondary N) is 2. The minimum Gasteiger partial charge on any atom is -0.379 e. The summed E-state index contributed by atoms with van der Waals surface area (Å²) in [6, 6.07) is 10.3. The lowest BCUT2D eigenvalue weighted by Crippen LogP contribution is -2.39. The highest BCUT2D eigenvalue weighted by Gasteiger charge is 2.05. The molecular weight excluding hydrogens is 453 g/mol. The Bertz CT molecular complexity index is 594. The van der Waals surface area contributed by atoms with E-state index >= 15 is 0 Å². The first-order valence-electron chi connectivity index (χ1n) is 8.25. The first kappa shape index (κ1) is 24.1. The van der Waals surface area contributed by atoms with Crippen molar-refractivity contribution in [1.82, 2.24) is 10.6 Å². The van der Waals surface area contributed by atoms with Gasteiger partial charge in [0, 0.05) is 31.8 Å². The summed E-state index contributed by atoms with van der Waals surface area (Å²) < 4.78 is 27.3. The number of guanidine groups is 1. The van der Waals surface area contributed by atoms with Crippen molar-refractivity contribution in [3.05, 3.63) is 35.9 Å². The summed E-state index contributed by atoms with van der Waals surface area (Å²) in [4.78, 5) is 4.59. The smallest absolute Gasteiger partial charge is 0.191 e. The van der Waals surface area contributed by atoms with Crippen molar-refractivity contribution >= 4 is 39.8 Å². The van der Waals surface area contributed by atoms with Crippen LogP contribution in [-0.2, 0) is 14.6 Å². The van der Waals surface area contributed by atoms with E-state index in [9.17, 15) is 8.42 Å². The Morgan fingerprint density at radius 1 is 1.20 bits per heavy atom. The lowest BCUT2D eigenvalue weighted by molar-refractivity contribution is 0.154. The number of rotatable bonds is 10. The van der Waals surface area contributed by atoms with Gasteiger partial charge in [-0.05, 0) is 12.5 Å². The zero-order valence-electron chi connectivity index (χ0n) is 15.2. The zero-order chi connectivity index (χ0) is 17.8. The molecule has 0 heterocycles. The summed E-state index contributed by atoms with van der Waals surface area (Å²) >= 11 is 0. The molecule has 0 saturated heterocycles. The zero-order valence-corrected chi connectivity index (χ0v) is 18.3. The molecule has 0 fully saturated rings. The number of benzene rings is 1. The Kier molecular flexibility index (Phi) is 12.9. The summed E-state index contributed by atoms with van der Waals surface area (Å²) in [5.74, 6) is 1.13. The second-order valence-corrected chi connectivity index (χ2v) is 7.96. The summed E-state index contributed by atoms with van der Waals surface area (Å²) in [6.45, 7) is 6.87. The number of ether oxygens (including phenoxy) is 1. The van der Waals surface area contributed by atoms with E-state index in [1.807, 2.05) is 25.1 Å². The Hall–Kier alpha value is -0.870. The Morgan fingerprint density at radius 3 is 2.48 bits per heavy atom. The van der Waals surface area contributed by atoms with E-state index in [2.05, 4.69) is 34.7 Å². The van der Waals surface area contributed by atoms with Crippen LogP contribution in [0.15, 0.2) is 35.3 Å². The standard InChI is InChI=1S/C17H29N3O3S.HI/c1-4-18-17(19-10-11-23-12-13-24(3,21)22)20-14-15(2)16-8-6-5-7-9-16;/h5-9,15H,4,10-14H2,1-3H3,(H2,18,19,20);1H. The van der Waals surface area contributed by atoms with Gasteiger partial charge in [-0.25, -0.2) is 8.42 Å². The summed E-state index contributed by atoms with van der Waals surface area (Å²) in [5.41, 5.74) is 1.27. The Balaban J connectivity index is 0.00000576. The minimum atomic E-state index is -2.96. The molecule has 0 saturated carbocycles. The predicted octanol–water partition coefficient (Wildman–Crippen LogP) is 2.02. The fraction of sp³-hybridized carbons (Fsp3) is 0.588. The van der Waals surface area contributed by atoms with Crippen LogP contribution in [0.2, 0.25) is 0 Å². The molecule has 1 aromatic rings. The highest BCUT2D eigenvalue weighted by Crippen LogP contribution is 2.14. The van der Waals surface area contributed by atoms with E-state index in [1.54, 1.807) is 0 Å². The van der Waals surface area contributed by atoms with Gasteiger partial charge in [0.1, 0.15) is 9.84 Å². The molecule has 0 aliphatic rings. The average Bonchev–Trinajstić information content (AvgIpc) is 2.55. The van der Waals surface area contributed by atoms with E-state index in [0.717, 1.165) is 12.5 Å². The van der Waals surface area contributed by atoms with Crippen molar-refractivity contribution in [2.24, 2.45) is 4.99 Å². The third-order valence-corrected chi connectivity index (χ3v) is 4.28. The molecule has 6 nitrogen and oxygen atoms in total. The lowest BCUT2D eigenvalue weighted by Gasteiger charge is -2.14. The summed E-state index contributed by atoms with van der Waals surface area (Å²) in [5, 5.41) is 6.38. The number of hydrogen-bond donors (Lipinski definition) is 2. The fourth-order valence-corrected chi connectivity index (χ4v) is 2.43. The van der Waals surface area contributed by atoms with Crippen LogP contribution in [0.5, 0.6) is 0 Å². The van der Waals surface area contributed by atoms with Crippen LogP contribution >= 0.6 is 24.0 Å². The quantitative estimate of drug-likeness (QED) is 0.231. The van der Waals surface area contributed by atoms with Gasteiger partial charge in [-0.15, -0.1) is 24.0 Å². The van der Waals surface area contributed by atoms with Gasteiger partial charge in [-0.3, -0.25) is 4.99 Å². The third-order valence-electron chi connectivity index (χ3n) is 3.37. The molecule has 1 rings (SSSR count). The molecule has 0 aliphatic carbocycles. The van der Waals surface area contributed by atoms with Crippen LogP contribution in [0.1, 0.15) is 25.3 Å². The van der Waals surface area contributed by atoms with E-state index in [1.165, 1.54) is 11.8 Å². The topological polar surface area (TPSA) is 79.8 Å². The summed E-state index contributed by atoms with van der Waals surface area (Å²) in [7, 11) is -2.96. The second-order valence-electron chi connectivity index (χ2n) is 5.70. The van der Waals surface area contributed by atoms with E-state index < -0.39 is 9.84 Å². The first-order chi connectivity index (χ1) is 11.4. The highest BCUT2D eigenvalue weighted by atomic mass is 127. The SMILES string of the molecule is CCNC(=NCC(C)c1ccccc1)NCCOCCS(C)(=O)=O.I. The van der Waals surface area contributed by atoms with Gasteiger partial charge in [0.15, 0.2) is 5.96 Å². The van der Waals surface area contributed by atoms with Crippen LogP contribution in [-0.4, -0.2) is 59.2 Å². The van der Waals surface area contributed by atoms with E-state index in [0.29, 0.717) is 25.6 Å². The van der Waals surface area contributed by atoms with Crippen molar-refractivity contribution in [1.29, 1.82) is 0 Å². The van der Waals surface area contributed by atoms with Crippen molar-refractivity contribution in [3.63, 3.8) is 0 Å². The van der Waals surface area contributed by atoms with Gasteiger partial charge in [-0.1, -0.05) is 37.3 Å². The van der Waals surface area contributed by atoms with Gasteiger partial charge in [0.25, 0.3) is 0 Å². The van der Waals surface area contributed by atoms with Crippen molar-refractivity contribution in [3.8, 4) is 0 Å². The van der Waals surface area contributed by atoms with Gasteiger partial charge in [-0.2, -0.15) is 0 Å². The monoisotopic (exact) mass is 483 g/mol. The van der Waals surface area contributed by atoms with Crippen LogP contribution in [0, 0.1) is 0 Å². The van der Waals surface area contributed by atoms with Gasteiger partial charge in [0.05, 0.1) is 19.0 Å². The van der Waals surface area contributed by atoms with E-state index in [4.69, 9.17) is 4.74 Å². The van der Waals surface area contributed by atoms with Crippen molar-refractivity contribution in [2.75, 3.05) is 44.9 Å². The molecule has 144 valence electrons. The van der Waals surface area contributed by atoms with Gasteiger partial charge >= 0.3 is 0 Å². The normalized spacial score (nSPS) is 13.0. The van der Waals surface area contributed by atoms with Crippen LogP contribution in [0.3, 0.4) is 0 Å². The number of sulfone groups is 1. The largest absolute Gasteiger partial charge is 0.379 e. The highest BCUT2D eigenvalue weighted by molar-refractivity contribution is 14.0. The molecule has 1 atom stereocenters. The molecule has 1 unspecified atom stereocenters.